The maximum Gasteiger partial charge on any atom is 0.410 e. The lowest BCUT2D eigenvalue weighted by atomic mass is 9.88. The van der Waals surface area contributed by atoms with E-state index in [0.29, 0.717) is 47.2 Å². The average molecular weight is 498 g/mol. The van der Waals surface area contributed by atoms with Gasteiger partial charge in [-0.2, -0.15) is 5.10 Å². The highest BCUT2D eigenvalue weighted by atomic mass is 19.1. The minimum absolute atomic E-state index is 0.274. The number of nitrogens with zero attached hydrogens (tertiary/aromatic N) is 3. The molecule has 1 aliphatic heterocycles. The molecule has 1 N–H and O–H groups in total. The van der Waals surface area contributed by atoms with Crippen LogP contribution in [0.5, 0.6) is 11.5 Å². The minimum atomic E-state index is -1.28. The van der Waals surface area contributed by atoms with Crippen molar-refractivity contribution in [2.24, 2.45) is 0 Å². The second-order valence-corrected chi connectivity index (χ2v) is 9.87. The van der Waals surface area contributed by atoms with Gasteiger partial charge in [-0.1, -0.05) is 0 Å². The maximum absolute atomic E-state index is 15.1. The van der Waals surface area contributed by atoms with Gasteiger partial charge in [-0.15, -0.1) is 0 Å². The number of aromatic nitrogens is 2. The highest BCUT2D eigenvalue weighted by Crippen LogP contribution is 2.37. The highest BCUT2D eigenvalue weighted by Gasteiger charge is 2.39. The standard InChI is InChI=1S/C27H32FN3O5/c1-26(2,3)36-25(32)30-14-12-27(33,13-15-30)24-17-23(21-11-10-20(35-5)16-22(21)28)31(29-24)18-6-8-19(34-4)9-7-18/h6-11,16-17,33H,12-15H2,1-5H3. The first kappa shape index (κ1) is 25.5. The van der Waals surface area contributed by atoms with Crippen molar-refractivity contribution in [2.45, 2.75) is 44.8 Å². The van der Waals surface area contributed by atoms with Crippen molar-refractivity contribution < 1.29 is 28.5 Å². The van der Waals surface area contributed by atoms with Gasteiger partial charge < -0.3 is 24.2 Å². The predicted molar refractivity (Wildman–Crippen MR) is 133 cm³/mol. The molecule has 9 heteroatoms. The number of hydrogen-bond acceptors (Lipinski definition) is 6. The summed E-state index contributed by atoms with van der Waals surface area (Å²) >= 11 is 0. The minimum Gasteiger partial charge on any atom is -0.497 e. The Bertz CT molecular complexity index is 1230. The van der Waals surface area contributed by atoms with Crippen LogP contribution in [-0.2, 0) is 10.3 Å². The Morgan fingerprint density at radius 2 is 1.61 bits per heavy atom. The number of halogens is 1. The normalized spacial score (nSPS) is 15.5. The van der Waals surface area contributed by atoms with E-state index in [1.165, 1.54) is 13.2 Å². The Balaban J connectivity index is 1.69. The molecule has 1 amide bonds. The van der Waals surface area contributed by atoms with Crippen LogP contribution >= 0.6 is 0 Å². The largest absolute Gasteiger partial charge is 0.497 e. The number of aliphatic hydroxyl groups is 1. The first-order valence-electron chi connectivity index (χ1n) is 11.8. The van der Waals surface area contributed by atoms with Gasteiger partial charge in [0, 0.05) is 24.7 Å². The van der Waals surface area contributed by atoms with Crippen LogP contribution in [0, 0.1) is 5.82 Å². The molecule has 192 valence electrons. The summed E-state index contributed by atoms with van der Waals surface area (Å²) in [6.45, 7) is 6.07. The van der Waals surface area contributed by atoms with E-state index in [1.54, 1.807) is 47.0 Å². The fraction of sp³-hybridized carbons (Fsp3) is 0.407. The molecule has 2 heterocycles. The fourth-order valence-corrected chi connectivity index (χ4v) is 4.19. The molecule has 1 aromatic heterocycles. The van der Waals surface area contributed by atoms with Crippen LogP contribution < -0.4 is 9.47 Å². The molecular weight excluding hydrogens is 465 g/mol. The van der Waals surface area contributed by atoms with E-state index in [4.69, 9.17) is 19.3 Å². The molecule has 0 unspecified atom stereocenters. The van der Waals surface area contributed by atoms with E-state index in [9.17, 15) is 9.90 Å². The van der Waals surface area contributed by atoms with Crippen molar-refractivity contribution in [3.63, 3.8) is 0 Å². The number of carbonyl (C=O) groups excluding carboxylic acids is 1. The second kappa shape index (κ2) is 9.81. The number of carbonyl (C=O) groups is 1. The lowest BCUT2D eigenvalue weighted by molar-refractivity contribution is -0.0383. The Morgan fingerprint density at radius 1 is 1.00 bits per heavy atom. The molecule has 0 saturated carbocycles. The zero-order valence-electron chi connectivity index (χ0n) is 21.2. The van der Waals surface area contributed by atoms with Crippen molar-refractivity contribution in [1.82, 2.24) is 14.7 Å². The van der Waals surface area contributed by atoms with Crippen LogP contribution in [0.3, 0.4) is 0 Å². The molecule has 3 aromatic rings. The summed E-state index contributed by atoms with van der Waals surface area (Å²) in [6, 6.07) is 13.5. The predicted octanol–water partition coefficient (Wildman–Crippen LogP) is 4.91. The lowest BCUT2D eigenvalue weighted by Gasteiger charge is -2.37. The summed E-state index contributed by atoms with van der Waals surface area (Å²) in [6.07, 6.45) is 0.140. The number of hydrogen-bond donors (Lipinski definition) is 1. The summed E-state index contributed by atoms with van der Waals surface area (Å²) in [4.78, 5) is 14.1. The highest BCUT2D eigenvalue weighted by molar-refractivity contribution is 5.68. The van der Waals surface area contributed by atoms with Crippen molar-refractivity contribution in [2.75, 3.05) is 27.3 Å². The van der Waals surface area contributed by atoms with E-state index in [2.05, 4.69) is 0 Å². The quantitative estimate of drug-likeness (QED) is 0.539. The third kappa shape index (κ3) is 5.31. The molecule has 0 radical (unpaired) electrons. The molecule has 1 aliphatic rings. The molecule has 2 aromatic carbocycles. The molecule has 1 saturated heterocycles. The van der Waals surface area contributed by atoms with Crippen molar-refractivity contribution in [1.29, 1.82) is 0 Å². The van der Waals surface area contributed by atoms with E-state index in [1.807, 2.05) is 32.9 Å². The fourth-order valence-electron chi connectivity index (χ4n) is 4.19. The van der Waals surface area contributed by atoms with Gasteiger partial charge in [0.2, 0.25) is 0 Å². The second-order valence-electron chi connectivity index (χ2n) is 9.87. The van der Waals surface area contributed by atoms with Gasteiger partial charge in [0.15, 0.2) is 0 Å². The number of ether oxygens (including phenoxy) is 3. The van der Waals surface area contributed by atoms with Crippen LogP contribution in [-0.4, -0.2) is 58.8 Å². The van der Waals surface area contributed by atoms with E-state index < -0.39 is 23.1 Å². The van der Waals surface area contributed by atoms with E-state index >= 15 is 4.39 Å². The Kier molecular flexibility index (Phi) is 6.95. The van der Waals surface area contributed by atoms with Gasteiger partial charge in [0.1, 0.15) is 28.5 Å². The molecule has 36 heavy (non-hydrogen) atoms. The van der Waals surface area contributed by atoms with Crippen LogP contribution in [0.4, 0.5) is 9.18 Å². The third-order valence-corrected chi connectivity index (χ3v) is 6.20. The molecular formula is C27H32FN3O5. The number of amides is 1. The number of benzene rings is 2. The summed E-state index contributed by atoms with van der Waals surface area (Å²) in [5.74, 6) is 0.610. The van der Waals surface area contributed by atoms with Crippen LogP contribution in [0.1, 0.15) is 39.3 Å². The number of piperidine rings is 1. The van der Waals surface area contributed by atoms with E-state index in [0.717, 1.165) is 0 Å². The van der Waals surface area contributed by atoms with Gasteiger partial charge in [-0.3, -0.25) is 0 Å². The summed E-state index contributed by atoms with van der Waals surface area (Å²) < 4.78 is 32.6. The average Bonchev–Trinajstić information content (AvgIpc) is 3.29. The molecule has 0 aliphatic carbocycles. The smallest absolute Gasteiger partial charge is 0.410 e. The van der Waals surface area contributed by atoms with Crippen molar-refractivity contribution >= 4 is 6.09 Å². The number of likely N-dealkylation sites (tertiary alicyclic amines) is 1. The SMILES string of the molecule is COc1ccc(-n2nc(C3(O)CCN(C(=O)OC(C)(C)C)CC3)cc2-c2ccc(OC)cc2F)cc1. The van der Waals surface area contributed by atoms with Gasteiger partial charge in [0.25, 0.3) is 0 Å². The summed E-state index contributed by atoms with van der Waals surface area (Å²) in [5.41, 5.74) is 0.0145. The van der Waals surface area contributed by atoms with Crippen LogP contribution in [0.2, 0.25) is 0 Å². The van der Waals surface area contributed by atoms with Gasteiger partial charge in [-0.25, -0.2) is 13.9 Å². The Labute approximate surface area is 210 Å². The van der Waals surface area contributed by atoms with Gasteiger partial charge >= 0.3 is 6.09 Å². The number of methoxy groups -OCH3 is 2. The molecule has 1 fully saturated rings. The van der Waals surface area contributed by atoms with Gasteiger partial charge in [-0.05, 0) is 76.1 Å². The summed E-state index contributed by atoms with van der Waals surface area (Å²) in [5, 5.41) is 16.3. The topological polar surface area (TPSA) is 86.1 Å². The van der Waals surface area contributed by atoms with Crippen LogP contribution in [0.25, 0.3) is 16.9 Å². The first-order valence-corrected chi connectivity index (χ1v) is 11.8. The van der Waals surface area contributed by atoms with Gasteiger partial charge in [0.05, 0.1) is 31.3 Å². The molecule has 0 atom stereocenters. The number of rotatable bonds is 5. The van der Waals surface area contributed by atoms with Crippen molar-refractivity contribution in [3.05, 3.63) is 60.0 Å². The zero-order chi connectivity index (χ0) is 26.1. The molecule has 8 nitrogen and oxygen atoms in total. The zero-order valence-corrected chi connectivity index (χ0v) is 21.2. The Morgan fingerprint density at radius 3 is 2.17 bits per heavy atom. The molecule has 4 rings (SSSR count). The van der Waals surface area contributed by atoms with Crippen molar-refractivity contribution in [3.8, 4) is 28.4 Å². The lowest BCUT2D eigenvalue weighted by Crippen LogP contribution is -2.47. The Hall–Kier alpha value is -3.59. The monoisotopic (exact) mass is 497 g/mol. The summed E-state index contributed by atoms with van der Waals surface area (Å²) in [7, 11) is 3.06. The molecule has 0 spiro atoms. The van der Waals surface area contributed by atoms with E-state index in [-0.39, 0.29) is 12.8 Å². The maximum atomic E-state index is 15.1. The first-order chi connectivity index (χ1) is 17.0. The molecule has 0 bridgehead atoms. The third-order valence-electron chi connectivity index (χ3n) is 6.20. The van der Waals surface area contributed by atoms with Crippen LogP contribution in [0.15, 0.2) is 48.5 Å².